The Labute approximate surface area is 147 Å². The normalized spacial score (nSPS) is 22.6. The minimum absolute atomic E-state index is 0.0863. The minimum Gasteiger partial charge on any atom is -0.493 e. The van der Waals surface area contributed by atoms with Crippen molar-refractivity contribution in [1.82, 2.24) is 9.80 Å². The minimum atomic E-state index is -0.268. The molecule has 1 aromatic rings. The molecule has 0 N–H and O–H groups in total. The summed E-state index contributed by atoms with van der Waals surface area (Å²) in [6, 6.07) is 6.01. The molecule has 0 spiro atoms. The highest BCUT2D eigenvalue weighted by molar-refractivity contribution is 5.82. The first-order valence-corrected chi connectivity index (χ1v) is 9.13. The van der Waals surface area contributed by atoms with Crippen LogP contribution in [0.15, 0.2) is 18.2 Å². The fourth-order valence-corrected chi connectivity index (χ4v) is 3.79. The van der Waals surface area contributed by atoms with Gasteiger partial charge in [-0.1, -0.05) is 12.1 Å². The van der Waals surface area contributed by atoms with Crippen molar-refractivity contribution in [2.45, 2.75) is 31.8 Å². The molecule has 4 rings (SSSR count). The van der Waals surface area contributed by atoms with Gasteiger partial charge in [0.1, 0.15) is 11.9 Å². The van der Waals surface area contributed by atoms with E-state index < -0.39 is 0 Å². The Morgan fingerprint density at radius 1 is 1.08 bits per heavy atom. The molecule has 1 unspecified atom stereocenters. The molecule has 0 saturated carbocycles. The summed E-state index contributed by atoms with van der Waals surface area (Å²) >= 11 is 0. The number of nitrogens with zero attached hydrogens (tertiary/aromatic N) is 2. The summed E-state index contributed by atoms with van der Waals surface area (Å²) in [6.45, 7) is 3.82. The Bertz CT molecular complexity index is 661. The van der Waals surface area contributed by atoms with Crippen LogP contribution in [0.2, 0.25) is 0 Å². The van der Waals surface area contributed by atoms with Crippen LogP contribution in [0.4, 0.5) is 0 Å². The number of benzene rings is 1. The summed E-state index contributed by atoms with van der Waals surface area (Å²) in [5, 5.41) is 0. The van der Waals surface area contributed by atoms with Gasteiger partial charge in [-0.3, -0.25) is 9.59 Å². The molecule has 2 amide bonds. The van der Waals surface area contributed by atoms with Crippen molar-refractivity contribution in [3.63, 3.8) is 0 Å². The van der Waals surface area contributed by atoms with Gasteiger partial charge in [0.05, 0.1) is 13.0 Å². The third-order valence-electron chi connectivity index (χ3n) is 5.26. The van der Waals surface area contributed by atoms with Crippen LogP contribution in [0, 0.1) is 0 Å². The number of ether oxygens (including phenoxy) is 2. The summed E-state index contributed by atoms with van der Waals surface area (Å²) in [6.07, 6.45) is 2.84. The highest BCUT2D eigenvalue weighted by Crippen LogP contribution is 2.26. The van der Waals surface area contributed by atoms with Crippen LogP contribution >= 0.6 is 0 Å². The van der Waals surface area contributed by atoms with E-state index in [-0.39, 0.29) is 17.9 Å². The zero-order chi connectivity index (χ0) is 17.2. The SMILES string of the molecule is O=C(Cc1ccc2c(c1)CCO2)N1CCN(C(=O)C2CCCO2)CC1. The third-order valence-corrected chi connectivity index (χ3v) is 5.26. The first-order valence-electron chi connectivity index (χ1n) is 9.13. The fraction of sp³-hybridized carbons (Fsp3) is 0.579. The van der Waals surface area contributed by atoms with E-state index >= 15 is 0 Å². The quantitative estimate of drug-likeness (QED) is 0.821. The Morgan fingerprint density at radius 2 is 1.88 bits per heavy atom. The van der Waals surface area contributed by atoms with E-state index in [1.54, 1.807) is 0 Å². The zero-order valence-corrected chi connectivity index (χ0v) is 14.4. The van der Waals surface area contributed by atoms with Crippen molar-refractivity contribution in [1.29, 1.82) is 0 Å². The van der Waals surface area contributed by atoms with E-state index in [1.165, 1.54) is 5.56 Å². The van der Waals surface area contributed by atoms with Crippen molar-refractivity contribution in [2.24, 2.45) is 0 Å². The number of rotatable bonds is 3. The maximum atomic E-state index is 12.6. The first-order chi connectivity index (χ1) is 12.2. The highest BCUT2D eigenvalue weighted by Gasteiger charge is 2.31. The molecular formula is C19H24N2O4. The second-order valence-corrected chi connectivity index (χ2v) is 6.93. The van der Waals surface area contributed by atoms with Crippen molar-refractivity contribution in [3.05, 3.63) is 29.3 Å². The number of hydrogen-bond donors (Lipinski definition) is 0. The molecule has 1 atom stereocenters. The maximum Gasteiger partial charge on any atom is 0.251 e. The summed E-state index contributed by atoms with van der Waals surface area (Å²) in [7, 11) is 0. The van der Waals surface area contributed by atoms with E-state index in [0.29, 0.717) is 39.2 Å². The van der Waals surface area contributed by atoms with E-state index in [4.69, 9.17) is 9.47 Å². The second-order valence-electron chi connectivity index (χ2n) is 6.93. The largest absolute Gasteiger partial charge is 0.493 e. The maximum absolute atomic E-state index is 12.6. The molecule has 2 fully saturated rings. The molecule has 2 saturated heterocycles. The van der Waals surface area contributed by atoms with Gasteiger partial charge in [-0.15, -0.1) is 0 Å². The van der Waals surface area contributed by atoms with E-state index in [1.807, 2.05) is 21.9 Å². The molecular weight excluding hydrogens is 320 g/mol. The Hall–Kier alpha value is -2.08. The molecule has 0 aromatic heterocycles. The first kappa shape index (κ1) is 16.4. The van der Waals surface area contributed by atoms with Crippen molar-refractivity contribution in [3.8, 4) is 5.75 Å². The highest BCUT2D eigenvalue weighted by atomic mass is 16.5. The van der Waals surface area contributed by atoms with Gasteiger partial charge in [-0.2, -0.15) is 0 Å². The van der Waals surface area contributed by atoms with Crippen LogP contribution < -0.4 is 4.74 Å². The number of fused-ring (bicyclic) bond motifs is 1. The molecule has 134 valence electrons. The van der Waals surface area contributed by atoms with Crippen LogP contribution in [0.5, 0.6) is 5.75 Å². The number of amides is 2. The summed E-state index contributed by atoms with van der Waals surface area (Å²) < 4.78 is 11.0. The van der Waals surface area contributed by atoms with Gasteiger partial charge >= 0.3 is 0 Å². The van der Waals surface area contributed by atoms with Gasteiger partial charge in [0, 0.05) is 39.2 Å². The lowest BCUT2D eigenvalue weighted by Gasteiger charge is -2.35. The monoisotopic (exact) mass is 344 g/mol. The van der Waals surface area contributed by atoms with Gasteiger partial charge in [-0.25, -0.2) is 0 Å². The molecule has 3 aliphatic heterocycles. The molecule has 1 aromatic carbocycles. The van der Waals surface area contributed by atoms with Crippen LogP contribution in [0.3, 0.4) is 0 Å². The molecule has 25 heavy (non-hydrogen) atoms. The van der Waals surface area contributed by atoms with Crippen molar-refractivity contribution >= 4 is 11.8 Å². The lowest BCUT2D eigenvalue weighted by atomic mass is 10.1. The molecule has 6 nitrogen and oxygen atoms in total. The van der Waals surface area contributed by atoms with Crippen LogP contribution in [0.1, 0.15) is 24.0 Å². The van der Waals surface area contributed by atoms with E-state index in [0.717, 1.165) is 37.2 Å². The molecule has 6 heteroatoms. The van der Waals surface area contributed by atoms with E-state index in [2.05, 4.69) is 6.07 Å². The lowest BCUT2D eigenvalue weighted by Crippen LogP contribution is -2.53. The van der Waals surface area contributed by atoms with Crippen LogP contribution in [-0.4, -0.2) is 67.1 Å². The van der Waals surface area contributed by atoms with Gasteiger partial charge in [0.25, 0.3) is 5.91 Å². The Morgan fingerprint density at radius 3 is 2.64 bits per heavy atom. The van der Waals surface area contributed by atoms with Gasteiger partial charge < -0.3 is 19.3 Å². The predicted octanol–water partition coefficient (Wildman–Crippen LogP) is 1.01. The fourth-order valence-electron chi connectivity index (χ4n) is 3.79. The average Bonchev–Trinajstić information content (AvgIpc) is 3.32. The summed E-state index contributed by atoms with van der Waals surface area (Å²) in [5.41, 5.74) is 2.23. The van der Waals surface area contributed by atoms with Crippen molar-refractivity contribution < 1.29 is 19.1 Å². The summed E-state index contributed by atoms with van der Waals surface area (Å²) in [5.74, 6) is 1.16. The smallest absolute Gasteiger partial charge is 0.251 e. The number of hydrogen-bond acceptors (Lipinski definition) is 4. The summed E-state index contributed by atoms with van der Waals surface area (Å²) in [4.78, 5) is 28.6. The molecule has 0 radical (unpaired) electrons. The van der Waals surface area contributed by atoms with Crippen molar-refractivity contribution in [2.75, 3.05) is 39.4 Å². The van der Waals surface area contributed by atoms with Gasteiger partial charge in [0.15, 0.2) is 0 Å². The number of piperazine rings is 1. The van der Waals surface area contributed by atoms with Crippen LogP contribution in [-0.2, 0) is 27.2 Å². The third kappa shape index (κ3) is 3.49. The number of carbonyl (C=O) groups excluding carboxylic acids is 2. The lowest BCUT2D eigenvalue weighted by molar-refractivity contribution is -0.145. The molecule has 3 aliphatic rings. The van der Waals surface area contributed by atoms with Gasteiger partial charge in [-0.05, 0) is 30.0 Å². The second kappa shape index (κ2) is 7.04. The Kier molecular flexibility index (Phi) is 4.61. The average molecular weight is 344 g/mol. The Balaban J connectivity index is 1.30. The molecule has 0 bridgehead atoms. The topological polar surface area (TPSA) is 59.1 Å². The number of carbonyl (C=O) groups is 2. The standard InChI is InChI=1S/C19H24N2O4/c22-18(13-14-3-4-16-15(12-14)5-11-25-16)20-6-8-21(9-7-20)19(23)17-2-1-10-24-17/h3-4,12,17H,1-2,5-11,13H2. The molecule has 3 heterocycles. The van der Waals surface area contributed by atoms with Gasteiger partial charge in [0.2, 0.25) is 5.91 Å². The van der Waals surface area contributed by atoms with Crippen LogP contribution in [0.25, 0.3) is 0 Å². The predicted molar refractivity (Wildman–Crippen MR) is 91.5 cm³/mol. The molecule has 0 aliphatic carbocycles. The zero-order valence-electron chi connectivity index (χ0n) is 14.4. The van der Waals surface area contributed by atoms with E-state index in [9.17, 15) is 9.59 Å².